The van der Waals surface area contributed by atoms with Gasteiger partial charge in [-0.15, -0.1) is 0 Å². The molecule has 0 radical (unpaired) electrons. The lowest BCUT2D eigenvalue weighted by Crippen LogP contribution is -2.30. The number of carbonyl (C=O) groups is 3. The summed E-state index contributed by atoms with van der Waals surface area (Å²) in [5.41, 5.74) is 0. The van der Waals surface area contributed by atoms with E-state index in [4.69, 9.17) is 14.2 Å². The van der Waals surface area contributed by atoms with Crippen LogP contribution in [0, 0.1) is 0 Å². The summed E-state index contributed by atoms with van der Waals surface area (Å²) in [7, 11) is 0. The van der Waals surface area contributed by atoms with E-state index in [1.165, 1.54) is 186 Å². The third-order valence-corrected chi connectivity index (χ3v) is 15.0. The highest BCUT2D eigenvalue weighted by molar-refractivity contribution is 5.71. The minimum absolute atomic E-state index is 0.0769. The van der Waals surface area contributed by atoms with Crippen LogP contribution >= 0.6 is 0 Å². The molecule has 0 heterocycles. The Bertz CT molecular complexity index is 1640. The van der Waals surface area contributed by atoms with Crippen molar-refractivity contribution in [3.05, 3.63) is 109 Å². The number of esters is 3. The molecule has 0 bridgehead atoms. The maximum atomic E-state index is 12.9. The number of ether oxygens (including phenoxy) is 3. The molecule has 0 aliphatic heterocycles. The summed E-state index contributed by atoms with van der Waals surface area (Å²) in [5, 5.41) is 0. The van der Waals surface area contributed by atoms with Crippen LogP contribution < -0.4 is 0 Å². The molecule has 0 saturated carbocycles. The van der Waals surface area contributed by atoms with E-state index in [2.05, 4.69) is 130 Å². The van der Waals surface area contributed by atoms with Gasteiger partial charge in [-0.2, -0.15) is 0 Å². The van der Waals surface area contributed by atoms with Gasteiger partial charge < -0.3 is 14.2 Å². The van der Waals surface area contributed by atoms with Crippen LogP contribution in [0.25, 0.3) is 0 Å². The van der Waals surface area contributed by atoms with Crippen LogP contribution in [0.2, 0.25) is 0 Å². The fraction of sp³-hybridized carbons (Fsp3) is 0.724. The summed E-state index contributed by atoms with van der Waals surface area (Å²) in [6.45, 7) is 6.54. The van der Waals surface area contributed by atoms with Crippen LogP contribution in [0.4, 0.5) is 0 Å². The number of unbranched alkanes of at least 4 members (excludes halogenated alkanes) is 34. The lowest BCUT2D eigenvalue weighted by molar-refractivity contribution is -0.167. The monoisotopic (exact) mass is 1140 g/mol. The van der Waals surface area contributed by atoms with Crippen molar-refractivity contribution >= 4 is 17.9 Å². The number of hydrogen-bond acceptors (Lipinski definition) is 6. The van der Waals surface area contributed by atoms with Gasteiger partial charge in [0.25, 0.3) is 0 Å². The Kier molecular flexibility index (Phi) is 66.2. The zero-order chi connectivity index (χ0) is 59.2. The fourth-order valence-corrected chi connectivity index (χ4v) is 9.81. The Hall–Kier alpha value is -3.93. The minimum Gasteiger partial charge on any atom is -0.462 e. The highest BCUT2D eigenvalue weighted by atomic mass is 16.6. The second kappa shape index (κ2) is 69.6. The molecule has 0 aromatic heterocycles. The number of hydrogen-bond donors (Lipinski definition) is 0. The molecule has 0 saturated heterocycles. The lowest BCUT2D eigenvalue weighted by Gasteiger charge is -2.18. The minimum atomic E-state index is -0.781. The summed E-state index contributed by atoms with van der Waals surface area (Å²) < 4.78 is 16.9. The van der Waals surface area contributed by atoms with Gasteiger partial charge in [0.2, 0.25) is 0 Å². The maximum Gasteiger partial charge on any atom is 0.306 e. The average molecular weight is 1140 g/mol. The quantitative estimate of drug-likeness (QED) is 0.0261. The molecule has 0 fully saturated rings. The van der Waals surface area contributed by atoms with E-state index in [1.54, 1.807) is 0 Å². The van der Waals surface area contributed by atoms with Gasteiger partial charge in [0.1, 0.15) is 13.2 Å². The predicted molar refractivity (Wildman–Crippen MR) is 357 cm³/mol. The standard InChI is InChI=1S/C76H130O6/c1-4-7-10-13-16-19-22-25-27-29-30-31-32-33-34-35-36-37-38-39-40-41-42-43-44-45-46-48-49-51-54-57-60-63-66-69-75(78)81-72-73(71-80-74(77)68-65-62-59-56-53-24-21-18-15-12-9-6-3)82-76(79)70-67-64-61-58-55-52-50-47-28-26-23-20-17-14-11-8-5-2/h7,10,16,19,25-28,30-31,33-34,36-37,39-40,42-43,73H,4-6,8-9,11-15,17-18,20-24,29,32,35,38,41,44-72H2,1-3H3/b10-7-,19-16-,27-25-,28-26-,31-30-,34-33-,37-36-,40-39-,43-42-. The van der Waals surface area contributed by atoms with Crippen molar-refractivity contribution in [1.82, 2.24) is 0 Å². The molecule has 0 aromatic carbocycles. The SMILES string of the molecule is CC/C=C\C/C=C\C/C=C\C/C=C\C/C=C\C/C=C\C/C=C\C/C=C\CCCCCCCCCCCCC(=O)OCC(COC(=O)CCCCCCCCCCCCCC)OC(=O)CCCCCCCCC/C=C\CCCCCCCC. The third-order valence-electron chi connectivity index (χ3n) is 15.0. The van der Waals surface area contributed by atoms with Gasteiger partial charge in [0.15, 0.2) is 6.10 Å². The van der Waals surface area contributed by atoms with Crippen LogP contribution in [0.1, 0.15) is 335 Å². The first kappa shape index (κ1) is 78.1. The van der Waals surface area contributed by atoms with Crippen molar-refractivity contribution in [2.24, 2.45) is 0 Å². The molecule has 1 unspecified atom stereocenters. The molecule has 0 spiro atoms. The van der Waals surface area contributed by atoms with E-state index in [0.29, 0.717) is 19.3 Å². The van der Waals surface area contributed by atoms with Gasteiger partial charge in [-0.3, -0.25) is 14.4 Å². The molecule has 470 valence electrons. The molecule has 0 aliphatic rings. The first-order chi connectivity index (χ1) is 40.5. The molecule has 0 aliphatic carbocycles. The van der Waals surface area contributed by atoms with Crippen molar-refractivity contribution in [2.45, 2.75) is 341 Å². The highest BCUT2D eigenvalue weighted by Gasteiger charge is 2.19. The highest BCUT2D eigenvalue weighted by Crippen LogP contribution is 2.17. The van der Waals surface area contributed by atoms with E-state index >= 15 is 0 Å². The molecule has 6 nitrogen and oxygen atoms in total. The molecule has 0 aromatic rings. The van der Waals surface area contributed by atoms with Crippen LogP contribution in [-0.4, -0.2) is 37.2 Å². The molecule has 1 atom stereocenters. The Morgan fingerprint density at radius 1 is 0.256 bits per heavy atom. The van der Waals surface area contributed by atoms with Crippen molar-refractivity contribution < 1.29 is 28.6 Å². The molecule has 82 heavy (non-hydrogen) atoms. The second-order valence-electron chi connectivity index (χ2n) is 23.1. The smallest absolute Gasteiger partial charge is 0.306 e. The van der Waals surface area contributed by atoms with Gasteiger partial charge in [-0.25, -0.2) is 0 Å². The first-order valence-corrected chi connectivity index (χ1v) is 34.9. The zero-order valence-electron chi connectivity index (χ0n) is 54.0. The van der Waals surface area contributed by atoms with Gasteiger partial charge in [0.05, 0.1) is 0 Å². The van der Waals surface area contributed by atoms with Crippen molar-refractivity contribution in [2.75, 3.05) is 13.2 Å². The second-order valence-corrected chi connectivity index (χ2v) is 23.1. The summed E-state index contributed by atoms with van der Waals surface area (Å²) in [4.78, 5) is 38.3. The Morgan fingerprint density at radius 3 is 0.756 bits per heavy atom. The average Bonchev–Trinajstić information content (AvgIpc) is 3.47. The van der Waals surface area contributed by atoms with E-state index in [-0.39, 0.29) is 31.1 Å². The van der Waals surface area contributed by atoms with E-state index in [0.717, 1.165) is 109 Å². The third kappa shape index (κ3) is 66.9. The zero-order valence-corrected chi connectivity index (χ0v) is 54.0. The topological polar surface area (TPSA) is 78.9 Å². The van der Waals surface area contributed by atoms with Crippen molar-refractivity contribution in [1.29, 1.82) is 0 Å². The summed E-state index contributed by atoms with van der Waals surface area (Å²) >= 11 is 0. The maximum absolute atomic E-state index is 12.9. The van der Waals surface area contributed by atoms with Crippen LogP contribution in [0.5, 0.6) is 0 Å². The molecule has 0 amide bonds. The number of rotatable bonds is 63. The van der Waals surface area contributed by atoms with Gasteiger partial charge >= 0.3 is 17.9 Å². The number of allylic oxidation sites excluding steroid dienone is 18. The Balaban J connectivity index is 4.21. The van der Waals surface area contributed by atoms with Crippen LogP contribution in [0.15, 0.2) is 109 Å². The predicted octanol–water partition coefficient (Wildman–Crippen LogP) is 24.2. The largest absolute Gasteiger partial charge is 0.462 e. The van der Waals surface area contributed by atoms with Crippen molar-refractivity contribution in [3.8, 4) is 0 Å². The molecule has 0 rings (SSSR count). The fourth-order valence-electron chi connectivity index (χ4n) is 9.81. The summed E-state index contributed by atoms with van der Waals surface area (Å²) in [5.74, 6) is -0.873. The summed E-state index contributed by atoms with van der Waals surface area (Å²) in [6.07, 6.45) is 95.4. The van der Waals surface area contributed by atoms with Gasteiger partial charge in [-0.05, 0) is 109 Å². The normalized spacial score (nSPS) is 12.8. The first-order valence-electron chi connectivity index (χ1n) is 34.9. The number of carbonyl (C=O) groups excluding carboxylic acids is 3. The molecular weight excluding hydrogens is 1010 g/mol. The van der Waals surface area contributed by atoms with Crippen LogP contribution in [0.3, 0.4) is 0 Å². The Labute approximate surface area is 508 Å². The summed E-state index contributed by atoms with van der Waals surface area (Å²) in [6, 6.07) is 0. The molecule has 6 heteroatoms. The Morgan fingerprint density at radius 2 is 0.476 bits per heavy atom. The molecule has 0 N–H and O–H groups in total. The van der Waals surface area contributed by atoms with Gasteiger partial charge in [0, 0.05) is 19.3 Å². The van der Waals surface area contributed by atoms with Gasteiger partial charge in [-0.1, -0.05) is 316 Å². The molecular formula is C76H130O6. The van der Waals surface area contributed by atoms with E-state index in [1.807, 2.05) is 0 Å². The van der Waals surface area contributed by atoms with Crippen LogP contribution in [-0.2, 0) is 28.6 Å². The van der Waals surface area contributed by atoms with Crippen molar-refractivity contribution in [3.63, 3.8) is 0 Å². The lowest BCUT2D eigenvalue weighted by atomic mass is 10.0. The van der Waals surface area contributed by atoms with E-state index < -0.39 is 6.10 Å². The van der Waals surface area contributed by atoms with E-state index in [9.17, 15) is 14.4 Å².